The number of nitrogens with zero attached hydrogens (tertiary/aromatic N) is 2. The van der Waals surface area contributed by atoms with Gasteiger partial charge in [-0.3, -0.25) is 9.80 Å². The lowest BCUT2D eigenvalue weighted by Gasteiger charge is -2.39. The zero-order chi connectivity index (χ0) is 12.8. The summed E-state index contributed by atoms with van der Waals surface area (Å²) in [6, 6.07) is 1.11. The summed E-state index contributed by atoms with van der Waals surface area (Å²) in [4.78, 5) is 5.18. The van der Waals surface area contributed by atoms with E-state index in [1.165, 1.54) is 51.9 Å². The van der Waals surface area contributed by atoms with Crippen molar-refractivity contribution >= 4 is 0 Å². The minimum atomic E-state index is 0.244. The van der Waals surface area contributed by atoms with Gasteiger partial charge < -0.3 is 10.4 Å². The zero-order valence-electron chi connectivity index (χ0n) is 11.8. The molecule has 0 radical (unpaired) electrons. The Morgan fingerprint density at radius 3 is 2.39 bits per heavy atom. The Kier molecular flexibility index (Phi) is 5.89. The van der Waals surface area contributed by atoms with Crippen LogP contribution in [0.2, 0.25) is 0 Å². The van der Waals surface area contributed by atoms with E-state index in [4.69, 9.17) is 0 Å². The molecule has 1 heterocycles. The first-order valence-electron chi connectivity index (χ1n) is 7.64. The van der Waals surface area contributed by atoms with Crippen LogP contribution >= 0.6 is 0 Å². The molecule has 1 aliphatic heterocycles. The third kappa shape index (κ3) is 3.92. The van der Waals surface area contributed by atoms with E-state index < -0.39 is 0 Å². The van der Waals surface area contributed by atoms with Gasteiger partial charge in [0, 0.05) is 44.8 Å². The monoisotopic (exact) mass is 255 g/mol. The van der Waals surface area contributed by atoms with Gasteiger partial charge in [-0.2, -0.15) is 0 Å². The molecule has 18 heavy (non-hydrogen) atoms. The second-order valence-corrected chi connectivity index (χ2v) is 5.71. The van der Waals surface area contributed by atoms with Crippen molar-refractivity contribution in [2.24, 2.45) is 0 Å². The predicted molar refractivity (Wildman–Crippen MR) is 74.8 cm³/mol. The molecular weight excluding hydrogens is 226 g/mol. The first kappa shape index (κ1) is 14.3. The van der Waals surface area contributed by atoms with E-state index in [0.717, 1.165) is 19.1 Å². The molecule has 4 nitrogen and oxygen atoms in total. The zero-order valence-corrected chi connectivity index (χ0v) is 11.8. The molecule has 1 aliphatic carbocycles. The summed E-state index contributed by atoms with van der Waals surface area (Å²) in [6.45, 7) is 9.04. The fourth-order valence-corrected chi connectivity index (χ4v) is 3.37. The maximum Gasteiger partial charge on any atom is 0.0597 e. The van der Waals surface area contributed by atoms with Gasteiger partial charge in [0.05, 0.1) is 6.61 Å². The SMILES string of the molecule is CCNC(CO)CN1CCN(C2CCCC2)CC1. The summed E-state index contributed by atoms with van der Waals surface area (Å²) in [5.41, 5.74) is 0. The molecular formula is C14H29N3O. The van der Waals surface area contributed by atoms with Crippen LogP contribution in [0.25, 0.3) is 0 Å². The fourth-order valence-electron chi connectivity index (χ4n) is 3.37. The summed E-state index contributed by atoms with van der Waals surface area (Å²) in [5, 5.41) is 12.7. The number of piperazine rings is 1. The van der Waals surface area contributed by atoms with E-state index in [1.807, 2.05) is 0 Å². The van der Waals surface area contributed by atoms with Gasteiger partial charge in [-0.25, -0.2) is 0 Å². The van der Waals surface area contributed by atoms with Gasteiger partial charge in [0.25, 0.3) is 0 Å². The van der Waals surface area contributed by atoms with E-state index in [1.54, 1.807) is 0 Å². The lowest BCUT2D eigenvalue weighted by molar-refractivity contribution is 0.0842. The molecule has 2 fully saturated rings. The third-order valence-corrected chi connectivity index (χ3v) is 4.44. The fraction of sp³-hybridized carbons (Fsp3) is 1.00. The highest BCUT2D eigenvalue weighted by Gasteiger charge is 2.26. The summed E-state index contributed by atoms with van der Waals surface area (Å²) < 4.78 is 0. The smallest absolute Gasteiger partial charge is 0.0597 e. The Morgan fingerprint density at radius 1 is 1.17 bits per heavy atom. The van der Waals surface area contributed by atoms with E-state index in [0.29, 0.717) is 0 Å². The molecule has 2 N–H and O–H groups in total. The molecule has 0 aromatic carbocycles. The Balaban J connectivity index is 1.69. The van der Waals surface area contributed by atoms with Crippen LogP contribution in [0, 0.1) is 0 Å². The van der Waals surface area contributed by atoms with Gasteiger partial charge in [0.15, 0.2) is 0 Å². The van der Waals surface area contributed by atoms with E-state index >= 15 is 0 Å². The molecule has 106 valence electrons. The number of rotatable bonds is 6. The molecule has 0 aromatic rings. The molecule has 0 amide bonds. The van der Waals surface area contributed by atoms with Gasteiger partial charge in [-0.05, 0) is 19.4 Å². The average Bonchev–Trinajstić information content (AvgIpc) is 2.93. The molecule has 1 unspecified atom stereocenters. The Bertz CT molecular complexity index is 223. The maximum absolute atomic E-state index is 9.31. The topological polar surface area (TPSA) is 38.7 Å². The summed E-state index contributed by atoms with van der Waals surface area (Å²) in [5.74, 6) is 0. The van der Waals surface area contributed by atoms with Crippen LogP contribution in [0.5, 0.6) is 0 Å². The van der Waals surface area contributed by atoms with Crippen molar-refractivity contribution in [3.05, 3.63) is 0 Å². The Morgan fingerprint density at radius 2 is 1.83 bits per heavy atom. The van der Waals surface area contributed by atoms with E-state index in [9.17, 15) is 5.11 Å². The van der Waals surface area contributed by atoms with Crippen LogP contribution in [-0.4, -0.2) is 72.9 Å². The highest BCUT2D eigenvalue weighted by Crippen LogP contribution is 2.24. The molecule has 2 rings (SSSR count). The average molecular weight is 255 g/mol. The van der Waals surface area contributed by atoms with Crippen LogP contribution < -0.4 is 5.32 Å². The normalized spacial score (nSPS) is 25.7. The van der Waals surface area contributed by atoms with Crippen molar-refractivity contribution in [1.82, 2.24) is 15.1 Å². The van der Waals surface area contributed by atoms with Gasteiger partial charge in [0.1, 0.15) is 0 Å². The van der Waals surface area contributed by atoms with Gasteiger partial charge in [-0.15, -0.1) is 0 Å². The third-order valence-electron chi connectivity index (χ3n) is 4.44. The Hall–Kier alpha value is -0.160. The highest BCUT2D eigenvalue weighted by molar-refractivity contribution is 4.83. The van der Waals surface area contributed by atoms with Crippen LogP contribution in [0.15, 0.2) is 0 Å². The number of hydrogen-bond acceptors (Lipinski definition) is 4. The van der Waals surface area contributed by atoms with Crippen molar-refractivity contribution in [3.8, 4) is 0 Å². The molecule has 0 spiro atoms. The lowest BCUT2D eigenvalue weighted by atomic mass is 10.1. The van der Waals surface area contributed by atoms with Crippen LogP contribution in [-0.2, 0) is 0 Å². The minimum Gasteiger partial charge on any atom is -0.395 e. The second kappa shape index (κ2) is 7.43. The van der Waals surface area contributed by atoms with Crippen molar-refractivity contribution < 1.29 is 5.11 Å². The standard InChI is InChI=1S/C14H29N3O/c1-2-15-13(12-18)11-16-7-9-17(10-8-16)14-5-3-4-6-14/h13-15,18H,2-12H2,1H3. The van der Waals surface area contributed by atoms with Crippen molar-refractivity contribution in [2.45, 2.75) is 44.7 Å². The van der Waals surface area contributed by atoms with E-state index in [-0.39, 0.29) is 12.6 Å². The number of aliphatic hydroxyl groups is 1. The summed E-state index contributed by atoms with van der Waals surface area (Å²) >= 11 is 0. The number of nitrogens with one attached hydrogen (secondary N) is 1. The second-order valence-electron chi connectivity index (χ2n) is 5.71. The van der Waals surface area contributed by atoms with Crippen molar-refractivity contribution in [2.75, 3.05) is 45.9 Å². The first-order chi connectivity index (χ1) is 8.83. The van der Waals surface area contributed by atoms with Crippen molar-refractivity contribution in [3.63, 3.8) is 0 Å². The number of hydrogen-bond donors (Lipinski definition) is 2. The van der Waals surface area contributed by atoms with Gasteiger partial charge >= 0.3 is 0 Å². The summed E-state index contributed by atoms with van der Waals surface area (Å²) in [6.07, 6.45) is 5.68. The molecule has 1 saturated heterocycles. The summed E-state index contributed by atoms with van der Waals surface area (Å²) in [7, 11) is 0. The quantitative estimate of drug-likeness (QED) is 0.726. The van der Waals surface area contributed by atoms with E-state index in [2.05, 4.69) is 22.0 Å². The molecule has 4 heteroatoms. The Labute approximate surface area is 111 Å². The van der Waals surface area contributed by atoms with Crippen LogP contribution in [0.3, 0.4) is 0 Å². The predicted octanol–water partition coefficient (Wildman–Crippen LogP) is 0.517. The van der Waals surface area contributed by atoms with Crippen LogP contribution in [0.1, 0.15) is 32.6 Å². The molecule has 2 aliphatic rings. The van der Waals surface area contributed by atoms with Gasteiger partial charge in [0.2, 0.25) is 0 Å². The molecule has 0 aromatic heterocycles. The highest BCUT2D eigenvalue weighted by atomic mass is 16.3. The lowest BCUT2D eigenvalue weighted by Crippen LogP contribution is -2.53. The van der Waals surface area contributed by atoms with Crippen molar-refractivity contribution in [1.29, 1.82) is 0 Å². The van der Waals surface area contributed by atoms with Gasteiger partial charge in [-0.1, -0.05) is 19.8 Å². The maximum atomic E-state index is 9.31. The minimum absolute atomic E-state index is 0.244. The molecule has 1 atom stereocenters. The number of aliphatic hydroxyl groups excluding tert-OH is 1. The number of likely N-dealkylation sites (N-methyl/N-ethyl adjacent to an activating group) is 1. The first-order valence-corrected chi connectivity index (χ1v) is 7.64. The largest absolute Gasteiger partial charge is 0.395 e. The molecule has 1 saturated carbocycles. The van der Waals surface area contributed by atoms with Crippen LogP contribution in [0.4, 0.5) is 0 Å². The molecule has 0 bridgehead atoms.